The summed E-state index contributed by atoms with van der Waals surface area (Å²) in [5.41, 5.74) is 1.77. The average molecular weight is 322 g/mol. The fourth-order valence-corrected chi connectivity index (χ4v) is 3.18. The van der Waals surface area contributed by atoms with E-state index in [2.05, 4.69) is 44.3 Å². The second-order valence-corrected chi connectivity index (χ2v) is 6.01. The van der Waals surface area contributed by atoms with Crippen LogP contribution in [0.25, 0.3) is 11.4 Å². The minimum Gasteiger partial charge on any atom is -0.337 e. The molecule has 1 N–H and O–H groups in total. The lowest BCUT2D eigenvalue weighted by Gasteiger charge is -2.21. The van der Waals surface area contributed by atoms with E-state index in [1.165, 1.54) is 11.6 Å². The molecule has 0 unspecified atom stereocenters. The first kappa shape index (κ1) is 14.8. The molecule has 0 radical (unpaired) electrons. The maximum atomic E-state index is 11.4. The fourth-order valence-electron chi connectivity index (χ4n) is 3.18. The number of aromatic amines is 1. The number of rotatable bonds is 4. The Hall–Kier alpha value is -2.73. The van der Waals surface area contributed by atoms with Crippen molar-refractivity contribution in [1.82, 2.24) is 20.0 Å². The quantitative estimate of drug-likeness (QED) is 0.799. The summed E-state index contributed by atoms with van der Waals surface area (Å²) < 4.78 is 5.50. The van der Waals surface area contributed by atoms with E-state index >= 15 is 0 Å². The van der Waals surface area contributed by atoms with E-state index in [-0.39, 0.29) is 11.6 Å². The van der Waals surface area contributed by atoms with Crippen LogP contribution in [0.1, 0.15) is 30.3 Å². The molecule has 122 valence electrons. The number of hydrogen-bond donors (Lipinski definition) is 1. The van der Waals surface area contributed by atoms with Crippen LogP contribution in [0.15, 0.2) is 58.0 Å². The number of H-pyrrole nitrogens is 1. The first-order valence-electron chi connectivity index (χ1n) is 8.10. The van der Waals surface area contributed by atoms with Crippen molar-refractivity contribution in [1.29, 1.82) is 0 Å². The maximum Gasteiger partial charge on any atom is 0.248 e. The highest BCUT2D eigenvalue weighted by Crippen LogP contribution is 2.33. The van der Waals surface area contributed by atoms with Crippen molar-refractivity contribution in [3.63, 3.8) is 0 Å². The van der Waals surface area contributed by atoms with E-state index in [1.54, 1.807) is 12.3 Å². The molecule has 0 aliphatic carbocycles. The van der Waals surface area contributed by atoms with Crippen LogP contribution in [0, 0.1) is 0 Å². The molecule has 1 atom stereocenters. The summed E-state index contributed by atoms with van der Waals surface area (Å²) in [4.78, 5) is 20.9. The Bertz CT molecular complexity index is 872. The van der Waals surface area contributed by atoms with Gasteiger partial charge in [-0.25, -0.2) is 0 Å². The fraction of sp³-hybridized carbons (Fsp3) is 0.278. The van der Waals surface area contributed by atoms with Gasteiger partial charge in [-0.2, -0.15) is 4.98 Å². The highest BCUT2D eigenvalue weighted by atomic mass is 16.5. The molecule has 3 aromatic rings. The lowest BCUT2D eigenvalue weighted by Crippen LogP contribution is -2.23. The Kier molecular flexibility index (Phi) is 3.96. The van der Waals surface area contributed by atoms with Crippen LogP contribution in [0.2, 0.25) is 0 Å². The third-order valence-corrected chi connectivity index (χ3v) is 4.35. The van der Waals surface area contributed by atoms with Gasteiger partial charge in [-0.3, -0.25) is 9.69 Å². The predicted octanol–water partition coefficient (Wildman–Crippen LogP) is 2.76. The molecule has 0 amide bonds. The smallest absolute Gasteiger partial charge is 0.248 e. The van der Waals surface area contributed by atoms with E-state index in [1.807, 2.05) is 6.07 Å². The predicted molar refractivity (Wildman–Crippen MR) is 89.2 cm³/mol. The van der Waals surface area contributed by atoms with Gasteiger partial charge in [0.05, 0.1) is 6.04 Å². The second kappa shape index (κ2) is 6.41. The van der Waals surface area contributed by atoms with Gasteiger partial charge < -0.3 is 9.51 Å². The summed E-state index contributed by atoms with van der Waals surface area (Å²) in [6.07, 6.45) is 3.70. The summed E-state index contributed by atoms with van der Waals surface area (Å²) in [6.45, 7) is 1.89. The minimum absolute atomic E-state index is 0.133. The van der Waals surface area contributed by atoms with E-state index < -0.39 is 0 Å². The minimum atomic E-state index is -0.176. The van der Waals surface area contributed by atoms with Crippen LogP contribution in [0.4, 0.5) is 0 Å². The molecular weight excluding hydrogens is 304 g/mol. The number of hydrogen-bond acceptors (Lipinski definition) is 5. The first-order valence-corrected chi connectivity index (χ1v) is 8.10. The Morgan fingerprint density at radius 1 is 1.25 bits per heavy atom. The van der Waals surface area contributed by atoms with Crippen LogP contribution < -0.4 is 5.56 Å². The number of aromatic nitrogens is 3. The zero-order chi connectivity index (χ0) is 16.4. The van der Waals surface area contributed by atoms with Gasteiger partial charge in [0, 0.05) is 24.4 Å². The number of nitrogens with zero attached hydrogens (tertiary/aromatic N) is 3. The average Bonchev–Trinajstić information content (AvgIpc) is 3.25. The largest absolute Gasteiger partial charge is 0.337 e. The molecule has 6 heteroatoms. The van der Waals surface area contributed by atoms with Gasteiger partial charge in [-0.1, -0.05) is 35.5 Å². The number of benzene rings is 1. The van der Waals surface area contributed by atoms with Crippen LogP contribution in [0.5, 0.6) is 0 Å². The molecule has 1 saturated heterocycles. The van der Waals surface area contributed by atoms with Gasteiger partial charge in [0.1, 0.15) is 0 Å². The van der Waals surface area contributed by atoms with Gasteiger partial charge in [-0.05, 0) is 31.0 Å². The monoisotopic (exact) mass is 322 g/mol. The molecule has 4 rings (SSSR count). The van der Waals surface area contributed by atoms with Crippen LogP contribution in [-0.2, 0) is 6.54 Å². The molecule has 1 aromatic carbocycles. The molecular formula is C18H18N4O2. The molecule has 0 spiro atoms. The number of pyridine rings is 1. The Morgan fingerprint density at radius 3 is 2.96 bits per heavy atom. The van der Waals surface area contributed by atoms with Crippen molar-refractivity contribution in [2.75, 3.05) is 6.54 Å². The summed E-state index contributed by atoms with van der Waals surface area (Å²) >= 11 is 0. The Labute approximate surface area is 139 Å². The number of nitrogens with one attached hydrogen (secondary N) is 1. The zero-order valence-corrected chi connectivity index (χ0v) is 13.2. The molecule has 1 aliphatic rings. The highest BCUT2D eigenvalue weighted by molar-refractivity contribution is 5.52. The van der Waals surface area contributed by atoms with Crippen molar-refractivity contribution < 1.29 is 4.52 Å². The van der Waals surface area contributed by atoms with Crippen molar-refractivity contribution in [3.8, 4) is 11.4 Å². The lowest BCUT2D eigenvalue weighted by molar-refractivity contribution is 0.201. The summed E-state index contributed by atoms with van der Waals surface area (Å²) in [5, 5.41) is 4.05. The van der Waals surface area contributed by atoms with E-state index in [9.17, 15) is 4.79 Å². The van der Waals surface area contributed by atoms with Crippen molar-refractivity contribution >= 4 is 0 Å². The highest BCUT2D eigenvalue weighted by Gasteiger charge is 2.30. The van der Waals surface area contributed by atoms with E-state index in [0.717, 1.165) is 25.9 Å². The summed E-state index contributed by atoms with van der Waals surface area (Å²) in [6, 6.07) is 13.8. The van der Waals surface area contributed by atoms with Crippen LogP contribution in [0.3, 0.4) is 0 Å². The molecule has 6 nitrogen and oxygen atoms in total. The second-order valence-electron chi connectivity index (χ2n) is 6.01. The normalized spacial score (nSPS) is 18.1. The molecule has 24 heavy (non-hydrogen) atoms. The van der Waals surface area contributed by atoms with Gasteiger partial charge in [0.25, 0.3) is 0 Å². The Morgan fingerprint density at radius 2 is 2.12 bits per heavy atom. The van der Waals surface area contributed by atoms with Gasteiger partial charge in [-0.15, -0.1) is 0 Å². The van der Waals surface area contributed by atoms with E-state index in [0.29, 0.717) is 17.3 Å². The third kappa shape index (κ3) is 3.00. The molecule has 1 aliphatic heterocycles. The standard InChI is InChI=1S/C18H18N4O2/c23-16-11-14(8-9-19-16)17-20-18(24-21-17)15-7-4-10-22(15)12-13-5-2-1-3-6-13/h1-3,5-6,8-9,11,15H,4,7,10,12H2,(H,19,23)/t15-/m1/s1. The zero-order valence-electron chi connectivity index (χ0n) is 13.2. The third-order valence-electron chi connectivity index (χ3n) is 4.35. The topological polar surface area (TPSA) is 75.0 Å². The van der Waals surface area contributed by atoms with Crippen LogP contribution in [-0.4, -0.2) is 26.6 Å². The lowest BCUT2D eigenvalue weighted by atomic mass is 10.2. The molecule has 0 bridgehead atoms. The first-order chi connectivity index (χ1) is 11.8. The maximum absolute atomic E-state index is 11.4. The number of likely N-dealkylation sites (tertiary alicyclic amines) is 1. The van der Waals surface area contributed by atoms with E-state index in [4.69, 9.17) is 4.52 Å². The van der Waals surface area contributed by atoms with Crippen LogP contribution >= 0.6 is 0 Å². The molecule has 3 heterocycles. The van der Waals surface area contributed by atoms with Crippen molar-refractivity contribution in [2.24, 2.45) is 0 Å². The van der Waals surface area contributed by atoms with Gasteiger partial charge >= 0.3 is 0 Å². The molecule has 0 saturated carbocycles. The SMILES string of the molecule is O=c1cc(-c2noc([C@H]3CCCN3Cc3ccccc3)n2)cc[nH]1. The Balaban J connectivity index is 1.56. The molecule has 1 fully saturated rings. The summed E-state index contributed by atoms with van der Waals surface area (Å²) in [7, 11) is 0. The van der Waals surface area contributed by atoms with Crippen molar-refractivity contribution in [2.45, 2.75) is 25.4 Å². The van der Waals surface area contributed by atoms with Gasteiger partial charge in [0.15, 0.2) is 0 Å². The van der Waals surface area contributed by atoms with Crippen molar-refractivity contribution in [3.05, 3.63) is 70.5 Å². The summed E-state index contributed by atoms with van der Waals surface area (Å²) in [5.74, 6) is 1.08. The molecule has 2 aromatic heterocycles. The van der Waals surface area contributed by atoms with Gasteiger partial charge in [0.2, 0.25) is 17.3 Å².